The van der Waals surface area contributed by atoms with Crippen LogP contribution in [0.5, 0.6) is 0 Å². The van der Waals surface area contributed by atoms with Crippen molar-refractivity contribution in [3.8, 4) is 5.69 Å². The molecule has 0 aliphatic carbocycles. The number of para-hydroxylation sites is 1. The van der Waals surface area contributed by atoms with Gasteiger partial charge in [0, 0.05) is 51.0 Å². The molecule has 0 saturated carbocycles. The number of non-ortho nitro benzene ring substituents is 1. The van der Waals surface area contributed by atoms with Crippen LogP contribution in [0.25, 0.3) is 5.69 Å². The van der Waals surface area contributed by atoms with Crippen LogP contribution in [0.4, 0.5) is 40.6 Å². The summed E-state index contributed by atoms with van der Waals surface area (Å²) >= 11 is 0. The molecular formula is C30H35N11O5. The van der Waals surface area contributed by atoms with Crippen molar-refractivity contribution < 1.29 is 19.2 Å². The van der Waals surface area contributed by atoms with Gasteiger partial charge in [-0.15, -0.1) is 15.3 Å². The number of nitrogens with zero attached hydrogens (tertiary/aromatic N) is 9. The number of aldehydes is 1. The third-order valence-electron chi connectivity index (χ3n) is 6.53. The number of hydrogen-bond acceptors (Lipinski definition) is 14. The van der Waals surface area contributed by atoms with Gasteiger partial charge >= 0.3 is 0 Å². The van der Waals surface area contributed by atoms with Crippen molar-refractivity contribution in [1.29, 1.82) is 0 Å². The van der Waals surface area contributed by atoms with Crippen LogP contribution in [0.1, 0.15) is 25.3 Å². The number of azo groups is 1. The van der Waals surface area contributed by atoms with Crippen molar-refractivity contribution in [1.82, 2.24) is 24.7 Å². The lowest BCUT2D eigenvalue weighted by Crippen LogP contribution is -2.29. The molecule has 0 saturated heterocycles. The molecule has 0 aliphatic rings. The molecule has 0 amide bonds. The van der Waals surface area contributed by atoms with E-state index in [-0.39, 0.29) is 30.7 Å². The Morgan fingerprint density at radius 3 is 2.63 bits per heavy atom. The van der Waals surface area contributed by atoms with Crippen LogP contribution in [-0.4, -0.2) is 69.5 Å². The van der Waals surface area contributed by atoms with Gasteiger partial charge in [0.05, 0.1) is 16.9 Å². The van der Waals surface area contributed by atoms with Crippen LogP contribution in [0.15, 0.2) is 77.9 Å². The second kappa shape index (κ2) is 16.9. The highest BCUT2D eigenvalue weighted by Gasteiger charge is 2.20. The molecule has 4 rings (SSSR count). The van der Waals surface area contributed by atoms with Gasteiger partial charge in [0.25, 0.3) is 11.6 Å². The number of methoxy groups -OCH3 is 1. The number of anilines is 4. The van der Waals surface area contributed by atoms with Crippen molar-refractivity contribution in [3.63, 3.8) is 0 Å². The molecule has 0 bridgehead atoms. The summed E-state index contributed by atoms with van der Waals surface area (Å²) in [6.07, 6.45) is 5.23. The third-order valence-corrected chi connectivity index (χ3v) is 6.53. The molecule has 16 nitrogen and oxygen atoms in total. The number of aryl methyl sites for hydroxylation is 1. The Balaban J connectivity index is 1.78. The molecule has 0 radical (unpaired) electrons. The van der Waals surface area contributed by atoms with E-state index in [9.17, 15) is 14.9 Å². The smallest absolute Gasteiger partial charge is 0.287 e. The molecule has 2 aromatic carbocycles. The van der Waals surface area contributed by atoms with Crippen molar-refractivity contribution >= 4 is 46.9 Å². The van der Waals surface area contributed by atoms with Gasteiger partial charge in [0.1, 0.15) is 12.6 Å². The van der Waals surface area contributed by atoms with E-state index in [2.05, 4.69) is 44.4 Å². The highest BCUT2D eigenvalue weighted by molar-refractivity contribution is 5.79. The van der Waals surface area contributed by atoms with Gasteiger partial charge in [-0.2, -0.15) is 15.0 Å². The van der Waals surface area contributed by atoms with Gasteiger partial charge in [-0.1, -0.05) is 31.7 Å². The first-order chi connectivity index (χ1) is 22.5. The van der Waals surface area contributed by atoms with E-state index >= 15 is 0 Å². The average Bonchev–Trinajstić information content (AvgIpc) is 3.55. The molecule has 4 aromatic rings. The van der Waals surface area contributed by atoms with E-state index in [4.69, 9.17) is 19.4 Å². The fourth-order valence-corrected chi connectivity index (χ4v) is 4.21. The molecule has 0 spiro atoms. The van der Waals surface area contributed by atoms with Gasteiger partial charge < -0.3 is 29.8 Å². The quantitative estimate of drug-likeness (QED) is 0.0247. The van der Waals surface area contributed by atoms with E-state index in [0.717, 1.165) is 24.0 Å². The van der Waals surface area contributed by atoms with Crippen molar-refractivity contribution in [2.24, 2.45) is 10.2 Å². The number of rotatable bonds is 19. The first-order valence-electron chi connectivity index (χ1n) is 14.5. The minimum atomic E-state index is -0.475. The molecule has 0 fully saturated rings. The number of nitro groups is 1. The second-order valence-electron chi connectivity index (χ2n) is 9.62. The first kappa shape index (κ1) is 33.1. The maximum Gasteiger partial charge on any atom is 0.287 e. The van der Waals surface area contributed by atoms with Gasteiger partial charge in [0.2, 0.25) is 5.95 Å². The van der Waals surface area contributed by atoms with E-state index in [1.165, 1.54) is 29.4 Å². The summed E-state index contributed by atoms with van der Waals surface area (Å²) < 4.78 is 12.1. The summed E-state index contributed by atoms with van der Waals surface area (Å²) in [6, 6.07) is 13.7. The minimum absolute atomic E-state index is 0.0387. The SMILES string of the molecule is C=COCN(CCC=O)c1nc(NCCCOC)c(N=Nc2ncn(-c3ccc([N+](=O)[O-])cc3)n2)c(Nc2ccccc2CC)n1. The molecule has 0 aliphatic heterocycles. The Kier molecular flexibility index (Phi) is 12.2. The van der Waals surface area contributed by atoms with Gasteiger partial charge in [-0.3, -0.25) is 10.1 Å². The molecule has 2 heterocycles. The summed E-state index contributed by atoms with van der Waals surface area (Å²) in [4.78, 5) is 37.3. The zero-order valence-electron chi connectivity index (χ0n) is 25.6. The fourth-order valence-electron chi connectivity index (χ4n) is 4.21. The van der Waals surface area contributed by atoms with Gasteiger partial charge in [-0.25, -0.2) is 4.68 Å². The molecule has 240 valence electrons. The minimum Gasteiger partial charge on any atom is -0.481 e. The summed E-state index contributed by atoms with van der Waals surface area (Å²) in [5.41, 5.74) is 2.68. The number of nitrogens with one attached hydrogen (secondary N) is 2. The Morgan fingerprint density at radius 1 is 1.13 bits per heavy atom. The Bertz CT molecular complexity index is 1630. The average molecular weight is 630 g/mol. The number of ether oxygens (including phenoxy) is 2. The van der Waals surface area contributed by atoms with Crippen molar-refractivity contribution in [2.45, 2.75) is 26.2 Å². The summed E-state index contributed by atoms with van der Waals surface area (Å²) in [5.74, 6) is 1.04. The Labute approximate surface area is 265 Å². The molecule has 0 atom stereocenters. The highest BCUT2D eigenvalue weighted by atomic mass is 16.6. The van der Waals surface area contributed by atoms with E-state index in [1.807, 2.05) is 24.3 Å². The van der Waals surface area contributed by atoms with E-state index in [0.29, 0.717) is 49.1 Å². The van der Waals surface area contributed by atoms with Crippen LogP contribution in [-0.2, 0) is 20.7 Å². The van der Waals surface area contributed by atoms with Crippen molar-refractivity contribution in [3.05, 3.63) is 83.4 Å². The molecule has 2 N–H and O–H groups in total. The zero-order valence-corrected chi connectivity index (χ0v) is 25.6. The predicted molar refractivity (Wildman–Crippen MR) is 172 cm³/mol. The Morgan fingerprint density at radius 2 is 1.91 bits per heavy atom. The lowest BCUT2D eigenvalue weighted by molar-refractivity contribution is -0.384. The lowest BCUT2D eigenvalue weighted by Gasteiger charge is -2.23. The molecule has 0 unspecified atom stereocenters. The van der Waals surface area contributed by atoms with Crippen LogP contribution >= 0.6 is 0 Å². The van der Waals surface area contributed by atoms with Crippen LogP contribution in [0.2, 0.25) is 0 Å². The number of hydrogen-bond donors (Lipinski definition) is 2. The summed E-state index contributed by atoms with van der Waals surface area (Å²) in [6.45, 7) is 7.06. The predicted octanol–water partition coefficient (Wildman–Crippen LogP) is 5.65. The maximum absolute atomic E-state index is 11.2. The molecule has 2 aromatic heterocycles. The van der Waals surface area contributed by atoms with E-state index in [1.54, 1.807) is 24.1 Å². The Hall–Kier alpha value is -5.77. The standard InChI is InChI=1S/C30H35N11O5/c1-4-22-10-6-7-11-25(22)33-28-26(36-37-29-32-20-40(38-29)23-12-14-24(15-13-23)41(43)44)27(31-16-8-19-45-3)34-30(35-28)39(17-9-18-42)21-46-5-2/h5-7,10-15,18,20H,2,4,8-9,16-17,19,21H2,1,3H3,(H2,31,33,34,35). The summed E-state index contributed by atoms with van der Waals surface area (Å²) in [7, 11) is 1.63. The van der Waals surface area contributed by atoms with Crippen molar-refractivity contribution in [2.75, 3.05) is 49.1 Å². The largest absolute Gasteiger partial charge is 0.481 e. The molecule has 16 heteroatoms. The topological polar surface area (TPSA) is 187 Å². The number of nitro benzene ring substituents is 1. The normalized spacial score (nSPS) is 10.9. The zero-order chi connectivity index (χ0) is 32.7. The molecular weight excluding hydrogens is 594 g/mol. The fraction of sp³-hybridized carbons (Fsp3) is 0.300. The monoisotopic (exact) mass is 629 g/mol. The van der Waals surface area contributed by atoms with E-state index < -0.39 is 4.92 Å². The molecule has 46 heavy (non-hydrogen) atoms. The third kappa shape index (κ3) is 8.88. The second-order valence-corrected chi connectivity index (χ2v) is 9.62. The number of benzene rings is 2. The number of aromatic nitrogens is 5. The van der Waals surface area contributed by atoms with Crippen LogP contribution < -0.4 is 15.5 Å². The van der Waals surface area contributed by atoms with Gasteiger partial charge in [0.15, 0.2) is 24.1 Å². The first-order valence-corrected chi connectivity index (χ1v) is 14.5. The lowest BCUT2D eigenvalue weighted by atomic mass is 10.1. The van der Waals surface area contributed by atoms with Gasteiger partial charge in [-0.05, 0) is 36.6 Å². The number of carbonyl (C=O) groups is 1. The van der Waals surface area contributed by atoms with Crippen LogP contribution in [0.3, 0.4) is 0 Å². The highest BCUT2D eigenvalue weighted by Crippen LogP contribution is 2.36. The number of carbonyl (C=O) groups excluding carboxylic acids is 1. The maximum atomic E-state index is 11.2. The summed E-state index contributed by atoms with van der Waals surface area (Å²) in [5, 5.41) is 30.8. The van der Waals surface area contributed by atoms with Crippen LogP contribution in [0, 0.1) is 10.1 Å².